The Morgan fingerprint density at radius 3 is 2.94 bits per heavy atom. The first kappa shape index (κ1) is 11.4. The van der Waals surface area contributed by atoms with E-state index in [0.29, 0.717) is 17.4 Å². The molecule has 18 heavy (non-hydrogen) atoms. The smallest absolute Gasteiger partial charge is 0.212 e. The lowest BCUT2D eigenvalue weighted by molar-refractivity contribution is 0.103. The summed E-state index contributed by atoms with van der Waals surface area (Å²) >= 11 is 1.49. The van der Waals surface area contributed by atoms with Crippen LogP contribution >= 0.6 is 11.3 Å². The predicted molar refractivity (Wildman–Crippen MR) is 70.4 cm³/mol. The quantitative estimate of drug-likeness (QED) is 0.791. The van der Waals surface area contributed by atoms with Crippen LogP contribution < -0.4 is 4.74 Å². The molecule has 1 aliphatic carbocycles. The van der Waals surface area contributed by atoms with Crippen molar-refractivity contribution >= 4 is 17.1 Å². The summed E-state index contributed by atoms with van der Waals surface area (Å²) in [6, 6.07) is 7.34. The summed E-state index contributed by atoms with van der Waals surface area (Å²) < 4.78 is 5.69. The molecule has 1 heterocycles. The van der Waals surface area contributed by atoms with Crippen molar-refractivity contribution in [3.63, 3.8) is 0 Å². The van der Waals surface area contributed by atoms with Crippen molar-refractivity contribution in [1.29, 1.82) is 0 Å². The highest BCUT2D eigenvalue weighted by atomic mass is 32.1. The number of ether oxygens (including phenoxy) is 1. The molecule has 3 rings (SSSR count). The third kappa shape index (κ3) is 2.43. The Kier molecular flexibility index (Phi) is 2.88. The molecule has 0 aliphatic heterocycles. The van der Waals surface area contributed by atoms with Gasteiger partial charge in [-0.05, 0) is 31.9 Å². The Morgan fingerprint density at radius 2 is 2.28 bits per heavy atom. The maximum Gasteiger partial charge on any atom is 0.212 e. The molecule has 2 aromatic rings. The van der Waals surface area contributed by atoms with E-state index in [-0.39, 0.29) is 5.78 Å². The number of carbonyl (C=O) groups excluding carboxylic acids is 1. The van der Waals surface area contributed by atoms with Crippen LogP contribution in [0.5, 0.6) is 5.75 Å². The first-order valence-corrected chi connectivity index (χ1v) is 6.84. The van der Waals surface area contributed by atoms with Crippen molar-refractivity contribution in [2.24, 2.45) is 0 Å². The first-order valence-electron chi connectivity index (χ1n) is 5.96. The highest BCUT2D eigenvalue weighted by Gasteiger charge is 2.23. The highest BCUT2D eigenvalue weighted by Crippen LogP contribution is 2.27. The molecule has 1 saturated carbocycles. The molecular formula is C14H13NO2S. The maximum atomic E-state index is 12.2. The largest absolute Gasteiger partial charge is 0.490 e. The topological polar surface area (TPSA) is 39.2 Å². The zero-order valence-electron chi connectivity index (χ0n) is 10.1. The molecule has 0 spiro atoms. The van der Waals surface area contributed by atoms with Gasteiger partial charge in [0, 0.05) is 10.9 Å². The molecule has 92 valence electrons. The summed E-state index contributed by atoms with van der Waals surface area (Å²) in [5, 5.41) is 2.70. The van der Waals surface area contributed by atoms with E-state index in [9.17, 15) is 4.79 Å². The fourth-order valence-electron chi connectivity index (χ4n) is 1.70. The molecule has 0 saturated heterocycles. The Bertz CT molecular complexity index is 587. The summed E-state index contributed by atoms with van der Waals surface area (Å²) in [6.45, 7) is 1.90. The van der Waals surface area contributed by atoms with Crippen molar-refractivity contribution in [2.45, 2.75) is 25.9 Å². The highest BCUT2D eigenvalue weighted by molar-refractivity contribution is 7.09. The molecule has 3 nitrogen and oxygen atoms in total. The molecule has 0 bridgehead atoms. The van der Waals surface area contributed by atoms with Crippen molar-refractivity contribution < 1.29 is 9.53 Å². The molecule has 1 aliphatic rings. The lowest BCUT2D eigenvalue weighted by Gasteiger charge is -2.05. The van der Waals surface area contributed by atoms with Crippen LogP contribution in [0.25, 0.3) is 0 Å². The van der Waals surface area contributed by atoms with Crippen LogP contribution in [0.4, 0.5) is 0 Å². The number of hydrogen-bond donors (Lipinski definition) is 0. The molecule has 0 amide bonds. The Balaban J connectivity index is 1.84. The summed E-state index contributed by atoms with van der Waals surface area (Å²) in [5.74, 6) is 0.732. The van der Waals surface area contributed by atoms with E-state index >= 15 is 0 Å². The summed E-state index contributed by atoms with van der Waals surface area (Å²) in [6.07, 6.45) is 2.57. The van der Waals surface area contributed by atoms with E-state index in [0.717, 1.165) is 23.6 Å². The van der Waals surface area contributed by atoms with Gasteiger partial charge < -0.3 is 4.74 Å². The van der Waals surface area contributed by atoms with Gasteiger partial charge in [0.05, 0.1) is 11.1 Å². The monoisotopic (exact) mass is 259 g/mol. The molecule has 0 N–H and O–H groups in total. The second-order valence-electron chi connectivity index (χ2n) is 4.43. The van der Waals surface area contributed by atoms with E-state index in [2.05, 4.69) is 4.98 Å². The fourth-order valence-corrected chi connectivity index (χ4v) is 2.30. The number of thiazole rings is 1. The van der Waals surface area contributed by atoms with Crippen LogP contribution in [-0.2, 0) is 0 Å². The average molecular weight is 259 g/mol. The average Bonchev–Trinajstić information content (AvgIpc) is 3.08. The van der Waals surface area contributed by atoms with Gasteiger partial charge >= 0.3 is 0 Å². The van der Waals surface area contributed by atoms with Crippen LogP contribution in [0.3, 0.4) is 0 Å². The summed E-state index contributed by atoms with van der Waals surface area (Å²) in [4.78, 5) is 16.4. The van der Waals surface area contributed by atoms with Gasteiger partial charge in [-0.15, -0.1) is 11.3 Å². The van der Waals surface area contributed by atoms with Gasteiger partial charge in [-0.25, -0.2) is 4.98 Å². The second kappa shape index (κ2) is 4.53. The normalized spacial score (nSPS) is 14.5. The zero-order valence-corrected chi connectivity index (χ0v) is 10.9. The van der Waals surface area contributed by atoms with E-state index in [1.165, 1.54) is 11.3 Å². The molecule has 1 fully saturated rings. The van der Waals surface area contributed by atoms with E-state index in [4.69, 9.17) is 4.74 Å². The van der Waals surface area contributed by atoms with Gasteiger partial charge in [0.25, 0.3) is 0 Å². The lowest BCUT2D eigenvalue weighted by Crippen LogP contribution is -2.03. The minimum atomic E-state index is -0.0411. The first-order chi connectivity index (χ1) is 8.72. The fraction of sp³-hybridized carbons (Fsp3) is 0.286. The standard InChI is InChI=1S/C14H13NO2S/c1-9-15-13(8-18-9)14(16)10-3-2-4-12(7-10)17-11-5-6-11/h2-4,7-8,11H,5-6H2,1H3. The number of ketones is 1. The second-order valence-corrected chi connectivity index (χ2v) is 5.49. The minimum absolute atomic E-state index is 0.0411. The van der Waals surface area contributed by atoms with Crippen LogP contribution in [0, 0.1) is 6.92 Å². The van der Waals surface area contributed by atoms with Gasteiger partial charge in [-0.2, -0.15) is 0 Å². The van der Waals surface area contributed by atoms with Gasteiger partial charge in [-0.1, -0.05) is 12.1 Å². The Morgan fingerprint density at radius 1 is 1.44 bits per heavy atom. The molecule has 1 aromatic heterocycles. The number of rotatable bonds is 4. The Hall–Kier alpha value is -1.68. The molecular weight excluding hydrogens is 246 g/mol. The van der Waals surface area contributed by atoms with Crippen molar-refractivity contribution in [2.75, 3.05) is 0 Å². The third-order valence-electron chi connectivity index (χ3n) is 2.78. The lowest BCUT2D eigenvalue weighted by atomic mass is 10.1. The predicted octanol–water partition coefficient (Wildman–Crippen LogP) is 3.22. The molecule has 1 aromatic carbocycles. The SMILES string of the molecule is Cc1nc(C(=O)c2cccc(OC3CC3)c2)cs1. The molecule has 0 unspecified atom stereocenters. The van der Waals surface area contributed by atoms with Crippen LogP contribution in [0.1, 0.15) is 33.9 Å². The summed E-state index contributed by atoms with van der Waals surface area (Å²) in [5.41, 5.74) is 1.15. The van der Waals surface area contributed by atoms with Crippen molar-refractivity contribution in [1.82, 2.24) is 4.98 Å². The third-order valence-corrected chi connectivity index (χ3v) is 3.55. The van der Waals surface area contributed by atoms with E-state index in [1.807, 2.05) is 19.1 Å². The van der Waals surface area contributed by atoms with Gasteiger partial charge in [-0.3, -0.25) is 4.79 Å². The van der Waals surface area contributed by atoms with E-state index in [1.54, 1.807) is 17.5 Å². The number of hydrogen-bond acceptors (Lipinski definition) is 4. The van der Waals surface area contributed by atoms with E-state index < -0.39 is 0 Å². The number of carbonyl (C=O) groups is 1. The minimum Gasteiger partial charge on any atom is -0.490 e. The molecule has 0 radical (unpaired) electrons. The summed E-state index contributed by atoms with van der Waals surface area (Å²) in [7, 11) is 0. The maximum absolute atomic E-state index is 12.2. The van der Waals surface area contributed by atoms with Crippen molar-refractivity contribution in [3.8, 4) is 5.75 Å². The van der Waals surface area contributed by atoms with Gasteiger partial charge in [0.2, 0.25) is 5.78 Å². The number of aryl methyl sites for hydroxylation is 1. The van der Waals surface area contributed by atoms with Crippen LogP contribution in [-0.4, -0.2) is 16.9 Å². The molecule has 0 atom stereocenters. The Labute approximate surface area is 109 Å². The van der Waals surface area contributed by atoms with Crippen LogP contribution in [0.15, 0.2) is 29.6 Å². The number of aromatic nitrogens is 1. The number of nitrogens with zero attached hydrogens (tertiary/aromatic N) is 1. The van der Waals surface area contributed by atoms with Gasteiger partial charge in [0.1, 0.15) is 11.4 Å². The molecule has 4 heteroatoms. The van der Waals surface area contributed by atoms with Gasteiger partial charge in [0.15, 0.2) is 0 Å². The van der Waals surface area contributed by atoms with Crippen LogP contribution in [0.2, 0.25) is 0 Å². The van der Waals surface area contributed by atoms with Crippen molar-refractivity contribution in [3.05, 3.63) is 45.9 Å². The number of benzene rings is 1. The zero-order chi connectivity index (χ0) is 12.5.